The first-order valence-electron chi connectivity index (χ1n) is 7.58. The molecule has 0 radical (unpaired) electrons. The number of hydrogen-bond donors (Lipinski definition) is 1. The number of hydrogen-bond acceptors (Lipinski definition) is 5. The van der Waals surface area contributed by atoms with Crippen LogP contribution in [0.5, 0.6) is 0 Å². The fraction of sp³-hybridized carbons (Fsp3) is 0.312. The zero-order valence-electron chi connectivity index (χ0n) is 12.4. The average Bonchev–Trinajstić information content (AvgIpc) is 3.06. The molecule has 1 amide bonds. The second kappa shape index (κ2) is 6.00. The topological polar surface area (TPSA) is 73.0 Å². The number of carbonyl (C=O) groups is 1. The second-order valence-electron chi connectivity index (χ2n) is 5.62. The van der Waals surface area contributed by atoms with Gasteiger partial charge in [-0.15, -0.1) is 11.3 Å². The Balaban J connectivity index is 1.45. The van der Waals surface area contributed by atoms with E-state index in [1.807, 2.05) is 34.5 Å². The third kappa shape index (κ3) is 3.05. The third-order valence-electron chi connectivity index (χ3n) is 3.91. The maximum absolute atomic E-state index is 12.3. The van der Waals surface area contributed by atoms with Gasteiger partial charge < -0.3 is 9.84 Å². The predicted octanol–water partition coefficient (Wildman–Crippen LogP) is 2.83. The molecule has 1 N–H and O–H groups in total. The van der Waals surface area contributed by atoms with Crippen LogP contribution in [0.25, 0.3) is 0 Å². The van der Waals surface area contributed by atoms with E-state index < -0.39 is 0 Å². The first kappa shape index (κ1) is 14.2. The number of amides is 1. The molecule has 0 saturated heterocycles. The van der Waals surface area contributed by atoms with E-state index in [1.54, 1.807) is 23.6 Å². The van der Waals surface area contributed by atoms with Gasteiger partial charge in [0.1, 0.15) is 11.8 Å². The predicted molar refractivity (Wildman–Crippen MR) is 85.5 cm³/mol. The fourth-order valence-corrected chi connectivity index (χ4v) is 3.33. The van der Waals surface area contributed by atoms with Gasteiger partial charge >= 0.3 is 0 Å². The van der Waals surface area contributed by atoms with E-state index in [0.717, 1.165) is 23.5 Å². The first-order valence-corrected chi connectivity index (χ1v) is 8.46. The van der Waals surface area contributed by atoms with Gasteiger partial charge in [-0.3, -0.25) is 9.48 Å². The van der Waals surface area contributed by atoms with Gasteiger partial charge in [-0.25, -0.2) is 0 Å². The summed E-state index contributed by atoms with van der Waals surface area (Å²) in [5, 5.41) is 13.1. The molecule has 1 fully saturated rings. The van der Waals surface area contributed by atoms with Crippen LogP contribution in [0, 0.1) is 0 Å². The maximum atomic E-state index is 12.3. The molecule has 0 aromatic carbocycles. The summed E-state index contributed by atoms with van der Waals surface area (Å²) in [6, 6.07) is 7.65. The van der Waals surface area contributed by atoms with Crippen LogP contribution in [0.4, 0.5) is 0 Å². The van der Waals surface area contributed by atoms with Gasteiger partial charge in [-0.1, -0.05) is 11.2 Å². The number of nitrogens with one attached hydrogen (secondary N) is 1. The number of carbonyl (C=O) groups excluding carboxylic acids is 1. The summed E-state index contributed by atoms with van der Waals surface area (Å²) >= 11 is 1.65. The molecule has 118 valence electrons. The molecule has 3 heterocycles. The van der Waals surface area contributed by atoms with Gasteiger partial charge in [-0.2, -0.15) is 5.10 Å². The van der Waals surface area contributed by atoms with Gasteiger partial charge in [-0.05, 0) is 30.4 Å². The Kier molecular flexibility index (Phi) is 3.70. The highest BCUT2D eigenvalue weighted by Crippen LogP contribution is 2.40. The van der Waals surface area contributed by atoms with Gasteiger partial charge in [0.2, 0.25) is 0 Å². The van der Waals surface area contributed by atoms with E-state index >= 15 is 0 Å². The molecule has 7 heteroatoms. The highest BCUT2D eigenvalue weighted by Gasteiger charge is 2.29. The third-order valence-corrected chi connectivity index (χ3v) is 4.89. The molecule has 0 bridgehead atoms. The van der Waals surface area contributed by atoms with E-state index in [4.69, 9.17) is 4.52 Å². The summed E-state index contributed by atoms with van der Waals surface area (Å²) in [5.74, 6) is 1.05. The Labute approximate surface area is 137 Å². The van der Waals surface area contributed by atoms with Gasteiger partial charge in [0, 0.05) is 35.8 Å². The Morgan fingerprint density at radius 1 is 1.48 bits per heavy atom. The van der Waals surface area contributed by atoms with Crippen LogP contribution < -0.4 is 5.32 Å². The summed E-state index contributed by atoms with van der Waals surface area (Å²) in [5.41, 5.74) is 0.345. The SMILES string of the molecule is O=C(NC[C@H](c1cccs1)n1cccn1)c1cc(C2CC2)on1. The normalized spacial score (nSPS) is 15.5. The van der Waals surface area contributed by atoms with Crippen LogP contribution in [0.3, 0.4) is 0 Å². The summed E-state index contributed by atoms with van der Waals surface area (Å²) < 4.78 is 7.09. The van der Waals surface area contributed by atoms with Crippen LogP contribution in [-0.4, -0.2) is 27.4 Å². The standard InChI is InChI=1S/C16H16N4O2S/c21-16(12-9-14(22-19-12)11-4-5-11)17-10-13(15-3-1-8-23-15)20-7-2-6-18-20/h1-3,6-9,11,13H,4-5,10H2,(H,17,21)/t13-/m1/s1. The Morgan fingerprint density at radius 3 is 3.09 bits per heavy atom. The van der Waals surface area contributed by atoms with Crippen molar-refractivity contribution in [1.82, 2.24) is 20.3 Å². The molecule has 0 unspecified atom stereocenters. The molecule has 1 aliphatic carbocycles. The zero-order valence-corrected chi connectivity index (χ0v) is 13.2. The number of thiophene rings is 1. The Morgan fingerprint density at radius 2 is 2.39 bits per heavy atom. The minimum absolute atomic E-state index is 0.0243. The van der Waals surface area contributed by atoms with Crippen LogP contribution in [-0.2, 0) is 0 Å². The molecule has 23 heavy (non-hydrogen) atoms. The molecule has 3 aromatic heterocycles. The minimum atomic E-state index is -0.214. The molecule has 1 aliphatic rings. The lowest BCUT2D eigenvalue weighted by Gasteiger charge is -2.16. The van der Waals surface area contributed by atoms with E-state index in [9.17, 15) is 4.79 Å². The molecule has 1 atom stereocenters. The van der Waals surface area contributed by atoms with Crippen molar-refractivity contribution in [2.24, 2.45) is 0 Å². The average molecular weight is 328 g/mol. The van der Waals surface area contributed by atoms with Crippen LogP contribution >= 0.6 is 11.3 Å². The van der Waals surface area contributed by atoms with Crippen molar-refractivity contribution in [3.8, 4) is 0 Å². The molecule has 0 aliphatic heterocycles. The van der Waals surface area contributed by atoms with Crippen LogP contribution in [0.1, 0.15) is 45.9 Å². The zero-order chi connectivity index (χ0) is 15.6. The van der Waals surface area contributed by atoms with Crippen molar-refractivity contribution >= 4 is 17.2 Å². The van der Waals surface area contributed by atoms with Crippen LogP contribution in [0.2, 0.25) is 0 Å². The van der Waals surface area contributed by atoms with E-state index in [2.05, 4.69) is 15.6 Å². The lowest BCUT2D eigenvalue weighted by Crippen LogP contribution is -2.31. The minimum Gasteiger partial charge on any atom is -0.360 e. The summed E-state index contributed by atoms with van der Waals surface area (Å²) in [6.07, 6.45) is 5.88. The molecular weight excluding hydrogens is 312 g/mol. The highest BCUT2D eigenvalue weighted by molar-refractivity contribution is 7.10. The molecule has 1 saturated carbocycles. The molecule has 3 aromatic rings. The van der Waals surface area contributed by atoms with Crippen molar-refractivity contribution in [2.45, 2.75) is 24.8 Å². The lowest BCUT2D eigenvalue weighted by atomic mass is 10.2. The van der Waals surface area contributed by atoms with Crippen molar-refractivity contribution in [1.29, 1.82) is 0 Å². The number of nitrogens with zero attached hydrogens (tertiary/aromatic N) is 3. The lowest BCUT2D eigenvalue weighted by molar-refractivity contribution is 0.0940. The number of aromatic nitrogens is 3. The molecule has 0 spiro atoms. The van der Waals surface area contributed by atoms with E-state index in [-0.39, 0.29) is 11.9 Å². The molecule has 4 rings (SSSR count). The van der Waals surface area contributed by atoms with Gasteiger partial charge in [0.25, 0.3) is 5.91 Å². The summed E-state index contributed by atoms with van der Waals surface area (Å²) in [6.45, 7) is 0.451. The van der Waals surface area contributed by atoms with Gasteiger partial charge in [0.05, 0.1) is 0 Å². The Bertz CT molecular complexity index is 741. The van der Waals surface area contributed by atoms with E-state index in [1.165, 1.54) is 0 Å². The fourth-order valence-electron chi connectivity index (χ4n) is 2.51. The Hall–Kier alpha value is -2.41. The maximum Gasteiger partial charge on any atom is 0.273 e. The largest absolute Gasteiger partial charge is 0.360 e. The van der Waals surface area contributed by atoms with Crippen molar-refractivity contribution in [3.63, 3.8) is 0 Å². The van der Waals surface area contributed by atoms with Crippen molar-refractivity contribution in [2.75, 3.05) is 6.54 Å². The number of rotatable bonds is 6. The summed E-state index contributed by atoms with van der Waals surface area (Å²) in [4.78, 5) is 13.4. The monoisotopic (exact) mass is 328 g/mol. The smallest absolute Gasteiger partial charge is 0.273 e. The van der Waals surface area contributed by atoms with Gasteiger partial charge in [0.15, 0.2) is 5.69 Å². The molecular formula is C16H16N4O2S. The van der Waals surface area contributed by atoms with E-state index in [0.29, 0.717) is 18.2 Å². The molecule has 6 nitrogen and oxygen atoms in total. The second-order valence-corrected chi connectivity index (χ2v) is 6.60. The highest BCUT2D eigenvalue weighted by atomic mass is 32.1. The first-order chi connectivity index (χ1) is 11.3. The summed E-state index contributed by atoms with van der Waals surface area (Å²) in [7, 11) is 0. The van der Waals surface area contributed by atoms with Crippen molar-refractivity contribution < 1.29 is 9.32 Å². The van der Waals surface area contributed by atoms with Crippen LogP contribution in [0.15, 0.2) is 46.6 Å². The quantitative estimate of drug-likeness (QED) is 0.755. The van der Waals surface area contributed by atoms with Crippen molar-refractivity contribution in [3.05, 3.63) is 58.4 Å².